The first-order chi connectivity index (χ1) is 9.93. The van der Waals surface area contributed by atoms with Crippen molar-refractivity contribution in [2.45, 2.75) is 30.7 Å². The smallest absolute Gasteiger partial charge is 0.178 e. The molecule has 8 heteroatoms. The Morgan fingerprint density at radius 3 is 3.00 bits per heavy atom. The Labute approximate surface area is 128 Å². The highest BCUT2D eigenvalue weighted by atomic mass is 32.2. The summed E-state index contributed by atoms with van der Waals surface area (Å²) in [7, 11) is -3.22. The number of aromatic amines is 1. The van der Waals surface area contributed by atoms with Gasteiger partial charge in [0.25, 0.3) is 0 Å². The lowest BCUT2D eigenvalue weighted by atomic mass is 10.1. The fraction of sp³-hybridized carbons (Fsp3) is 0.538. The molecule has 0 bridgehead atoms. The highest BCUT2D eigenvalue weighted by Gasteiger charge is 2.29. The zero-order valence-corrected chi connectivity index (χ0v) is 13.7. The third-order valence-corrected chi connectivity index (χ3v) is 5.71. The summed E-state index contributed by atoms with van der Waals surface area (Å²) in [4.78, 5) is 7.12. The van der Waals surface area contributed by atoms with Gasteiger partial charge in [0.05, 0.1) is 22.6 Å². The van der Waals surface area contributed by atoms with Gasteiger partial charge in [0, 0.05) is 30.6 Å². The number of aryl methyl sites for hydroxylation is 1. The zero-order valence-electron chi connectivity index (χ0n) is 12.0. The van der Waals surface area contributed by atoms with E-state index in [1.54, 1.807) is 11.3 Å². The summed E-state index contributed by atoms with van der Waals surface area (Å²) in [5, 5.41) is 9.95. The van der Waals surface area contributed by atoms with E-state index in [0.717, 1.165) is 42.5 Å². The fourth-order valence-corrected chi connectivity index (χ4v) is 4.25. The van der Waals surface area contributed by atoms with Crippen LogP contribution in [0.15, 0.2) is 16.5 Å². The summed E-state index contributed by atoms with van der Waals surface area (Å²) in [5.74, 6) is 0.192. The molecule has 0 aliphatic carbocycles. The number of likely N-dealkylation sites (tertiary alicyclic amines) is 1. The number of aromatic nitrogens is 3. The molecule has 1 aliphatic rings. The molecule has 0 amide bonds. The molecule has 6 nitrogen and oxygen atoms in total. The second-order valence-corrected chi connectivity index (χ2v) is 8.55. The van der Waals surface area contributed by atoms with E-state index in [9.17, 15) is 8.42 Å². The predicted molar refractivity (Wildman–Crippen MR) is 81.2 cm³/mol. The van der Waals surface area contributed by atoms with E-state index in [2.05, 4.69) is 25.5 Å². The SMILES string of the molecule is Cc1nc(CN2CCC(c3[nH]ncc3S(C)(=O)=O)C2)cs1. The molecule has 0 radical (unpaired) electrons. The Morgan fingerprint density at radius 1 is 1.52 bits per heavy atom. The lowest BCUT2D eigenvalue weighted by molar-refractivity contribution is 0.322. The highest BCUT2D eigenvalue weighted by molar-refractivity contribution is 7.90. The molecule has 2 aromatic heterocycles. The Kier molecular flexibility index (Phi) is 3.85. The second kappa shape index (κ2) is 5.51. The van der Waals surface area contributed by atoms with Gasteiger partial charge in [-0.3, -0.25) is 10.00 Å². The number of sulfone groups is 1. The first-order valence-electron chi connectivity index (χ1n) is 6.80. The summed E-state index contributed by atoms with van der Waals surface area (Å²) in [6.07, 6.45) is 3.58. The van der Waals surface area contributed by atoms with Crippen LogP contribution in [-0.4, -0.2) is 47.8 Å². The topological polar surface area (TPSA) is 79.0 Å². The minimum atomic E-state index is -3.22. The summed E-state index contributed by atoms with van der Waals surface area (Å²) in [6.45, 7) is 4.61. The van der Waals surface area contributed by atoms with E-state index < -0.39 is 9.84 Å². The molecule has 1 fully saturated rings. The van der Waals surface area contributed by atoms with Crippen molar-refractivity contribution in [1.29, 1.82) is 0 Å². The van der Waals surface area contributed by atoms with E-state index in [-0.39, 0.29) is 5.92 Å². The number of hydrogen-bond donors (Lipinski definition) is 1. The van der Waals surface area contributed by atoms with Crippen LogP contribution in [0.1, 0.15) is 28.7 Å². The van der Waals surface area contributed by atoms with Crippen LogP contribution in [0.25, 0.3) is 0 Å². The largest absolute Gasteiger partial charge is 0.297 e. The number of nitrogens with zero attached hydrogens (tertiary/aromatic N) is 3. The van der Waals surface area contributed by atoms with Crippen LogP contribution >= 0.6 is 11.3 Å². The Morgan fingerprint density at radius 2 is 2.33 bits per heavy atom. The molecule has 3 heterocycles. The maximum absolute atomic E-state index is 11.8. The van der Waals surface area contributed by atoms with Crippen LogP contribution in [-0.2, 0) is 16.4 Å². The van der Waals surface area contributed by atoms with Crippen LogP contribution in [0, 0.1) is 6.92 Å². The van der Waals surface area contributed by atoms with Crippen molar-refractivity contribution >= 4 is 21.2 Å². The number of hydrogen-bond acceptors (Lipinski definition) is 6. The Balaban J connectivity index is 1.71. The zero-order chi connectivity index (χ0) is 15.0. The van der Waals surface area contributed by atoms with Crippen LogP contribution < -0.4 is 0 Å². The van der Waals surface area contributed by atoms with Crippen molar-refractivity contribution in [2.75, 3.05) is 19.3 Å². The normalized spacial score (nSPS) is 20.2. The van der Waals surface area contributed by atoms with Gasteiger partial charge in [0.2, 0.25) is 0 Å². The van der Waals surface area contributed by atoms with Gasteiger partial charge in [0.1, 0.15) is 4.90 Å². The molecule has 1 unspecified atom stereocenters. The van der Waals surface area contributed by atoms with E-state index in [1.165, 1.54) is 12.5 Å². The van der Waals surface area contributed by atoms with Crippen molar-refractivity contribution < 1.29 is 8.42 Å². The molecule has 1 atom stereocenters. The van der Waals surface area contributed by atoms with Gasteiger partial charge in [0.15, 0.2) is 9.84 Å². The van der Waals surface area contributed by atoms with Gasteiger partial charge in [-0.2, -0.15) is 5.10 Å². The van der Waals surface area contributed by atoms with Crippen LogP contribution in [0.2, 0.25) is 0 Å². The average Bonchev–Trinajstić information content (AvgIpc) is 3.08. The van der Waals surface area contributed by atoms with Crippen molar-refractivity contribution in [3.8, 4) is 0 Å². The molecular formula is C13H18N4O2S2. The molecule has 0 saturated carbocycles. The maximum Gasteiger partial charge on any atom is 0.178 e. The Hall–Kier alpha value is -1.25. The van der Waals surface area contributed by atoms with Crippen molar-refractivity contribution in [3.05, 3.63) is 28.0 Å². The van der Waals surface area contributed by atoms with Crippen LogP contribution in [0.5, 0.6) is 0 Å². The van der Waals surface area contributed by atoms with Gasteiger partial charge < -0.3 is 0 Å². The van der Waals surface area contributed by atoms with E-state index in [0.29, 0.717) is 4.90 Å². The third kappa shape index (κ3) is 3.17. The molecule has 1 N–H and O–H groups in total. The molecule has 2 aromatic rings. The van der Waals surface area contributed by atoms with Gasteiger partial charge in [-0.15, -0.1) is 11.3 Å². The standard InChI is InChI=1S/C13H18N4O2S2/c1-9-15-11(8-20-9)7-17-4-3-10(6-17)13-12(5-14-16-13)21(2,18)19/h5,8,10H,3-4,6-7H2,1-2H3,(H,14,16). The van der Waals surface area contributed by atoms with Crippen molar-refractivity contribution in [1.82, 2.24) is 20.1 Å². The fourth-order valence-electron chi connectivity index (χ4n) is 2.79. The molecule has 114 valence electrons. The summed E-state index contributed by atoms with van der Waals surface area (Å²) in [6, 6.07) is 0. The number of rotatable bonds is 4. The summed E-state index contributed by atoms with van der Waals surface area (Å²) >= 11 is 1.66. The average molecular weight is 326 g/mol. The molecule has 1 aliphatic heterocycles. The lowest BCUT2D eigenvalue weighted by Crippen LogP contribution is -2.20. The third-order valence-electron chi connectivity index (χ3n) is 3.76. The molecule has 3 rings (SSSR count). The first-order valence-corrected chi connectivity index (χ1v) is 9.57. The maximum atomic E-state index is 11.8. The van der Waals surface area contributed by atoms with Crippen LogP contribution in [0.3, 0.4) is 0 Å². The number of thiazole rings is 1. The molecule has 0 spiro atoms. The molecule has 1 saturated heterocycles. The van der Waals surface area contributed by atoms with Gasteiger partial charge in [-0.25, -0.2) is 13.4 Å². The quantitative estimate of drug-likeness (QED) is 0.922. The highest BCUT2D eigenvalue weighted by Crippen LogP contribution is 2.30. The van der Waals surface area contributed by atoms with Gasteiger partial charge in [-0.05, 0) is 19.9 Å². The van der Waals surface area contributed by atoms with E-state index in [1.807, 2.05) is 6.92 Å². The minimum absolute atomic E-state index is 0.192. The molecule has 21 heavy (non-hydrogen) atoms. The monoisotopic (exact) mass is 326 g/mol. The van der Waals surface area contributed by atoms with Crippen molar-refractivity contribution in [2.24, 2.45) is 0 Å². The second-order valence-electron chi connectivity index (χ2n) is 5.50. The van der Waals surface area contributed by atoms with Crippen molar-refractivity contribution in [3.63, 3.8) is 0 Å². The summed E-state index contributed by atoms with van der Waals surface area (Å²) < 4.78 is 23.5. The molecular weight excluding hydrogens is 308 g/mol. The first kappa shape index (κ1) is 14.7. The Bertz CT molecular complexity index is 735. The predicted octanol–water partition coefficient (Wildman–Crippen LogP) is 1.57. The molecule has 0 aromatic carbocycles. The number of nitrogens with one attached hydrogen (secondary N) is 1. The van der Waals surface area contributed by atoms with Gasteiger partial charge >= 0.3 is 0 Å². The number of H-pyrrole nitrogens is 1. The summed E-state index contributed by atoms with van der Waals surface area (Å²) in [5.41, 5.74) is 1.83. The van der Waals surface area contributed by atoms with E-state index >= 15 is 0 Å². The minimum Gasteiger partial charge on any atom is -0.297 e. The van der Waals surface area contributed by atoms with Crippen LogP contribution in [0.4, 0.5) is 0 Å². The van der Waals surface area contributed by atoms with Gasteiger partial charge in [-0.1, -0.05) is 0 Å². The lowest BCUT2D eigenvalue weighted by Gasteiger charge is -2.14. The van der Waals surface area contributed by atoms with E-state index in [4.69, 9.17) is 0 Å².